The highest BCUT2D eigenvalue weighted by Crippen LogP contribution is 2.33. The molecule has 0 spiro atoms. The van der Waals surface area contributed by atoms with Crippen molar-refractivity contribution < 1.29 is 0 Å². The molecule has 1 fully saturated rings. The fourth-order valence-corrected chi connectivity index (χ4v) is 2.33. The predicted molar refractivity (Wildman–Crippen MR) is 66.6 cm³/mol. The van der Waals surface area contributed by atoms with Gasteiger partial charge in [0.15, 0.2) is 0 Å². The van der Waals surface area contributed by atoms with Gasteiger partial charge in [0.2, 0.25) is 0 Å². The summed E-state index contributed by atoms with van der Waals surface area (Å²) in [4.78, 5) is 0. The van der Waals surface area contributed by atoms with E-state index in [0.29, 0.717) is 0 Å². The Morgan fingerprint density at radius 3 is 2.73 bits per heavy atom. The molecule has 0 bridgehead atoms. The number of rotatable bonds is 3. The minimum absolute atomic E-state index is 0.815. The van der Waals surface area contributed by atoms with Gasteiger partial charge < -0.3 is 5.32 Å². The molecule has 15 heavy (non-hydrogen) atoms. The van der Waals surface area contributed by atoms with Gasteiger partial charge in [-0.25, -0.2) is 0 Å². The van der Waals surface area contributed by atoms with Gasteiger partial charge in [-0.15, -0.1) is 0 Å². The highest BCUT2D eigenvalue weighted by atomic mass is 35.5. The van der Waals surface area contributed by atoms with Crippen molar-refractivity contribution >= 4 is 17.3 Å². The van der Waals surface area contributed by atoms with Crippen LogP contribution in [0.2, 0.25) is 5.02 Å². The van der Waals surface area contributed by atoms with Crippen LogP contribution in [0.4, 0.5) is 5.69 Å². The first-order valence-corrected chi connectivity index (χ1v) is 6.04. The van der Waals surface area contributed by atoms with Crippen LogP contribution in [0.3, 0.4) is 0 Å². The van der Waals surface area contributed by atoms with Crippen LogP contribution in [0.15, 0.2) is 18.2 Å². The van der Waals surface area contributed by atoms with Gasteiger partial charge in [0.05, 0.1) is 0 Å². The zero-order valence-corrected chi connectivity index (χ0v) is 10.1. The number of anilines is 1. The molecule has 2 heteroatoms. The standard InChI is InChI=1S/C13H18ClN/c1-9-3-4-11(9)8-15-13-6-5-12(14)7-10(13)2/h5-7,9,11,15H,3-4,8H2,1-2H3/t9-,11-/m0/s1. The summed E-state index contributed by atoms with van der Waals surface area (Å²) in [5, 5.41) is 4.33. The molecule has 0 unspecified atom stereocenters. The fourth-order valence-electron chi connectivity index (χ4n) is 2.11. The Hall–Kier alpha value is -0.690. The third kappa shape index (κ3) is 2.46. The van der Waals surface area contributed by atoms with Crippen molar-refractivity contribution in [2.45, 2.75) is 26.7 Å². The molecule has 1 saturated carbocycles. The Morgan fingerprint density at radius 2 is 2.20 bits per heavy atom. The maximum Gasteiger partial charge on any atom is 0.0410 e. The Morgan fingerprint density at radius 1 is 1.40 bits per heavy atom. The van der Waals surface area contributed by atoms with Crippen molar-refractivity contribution in [3.8, 4) is 0 Å². The van der Waals surface area contributed by atoms with Gasteiger partial charge in [-0.1, -0.05) is 24.9 Å². The largest absolute Gasteiger partial charge is 0.385 e. The lowest BCUT2D eigenvalue weighted by Gasteiger charge is -2.34. The molecule has 0 heterocycles. The van der Waals surface area contributed by atoms with E-state index >= 15 is 0 Å². The van der Waals surface area contributed by atoms with Gasteiger partial charge in [-0.2, -0.15) is 0 Å². The smallest absolute Gasteiger partial charge is 0.0410 e. The normalized spacial score (nSPS) is 24.7. The highest BCUT2D eigenvalue weighted by molar-refractivity contribution is 6.30. The quantitative estimate of drug-likeness (QED) is 0.814. The number of halogens is 1. The summed E-state index contributed by atoms with van der Waals surface area (Å²) < 4.78 is 0. The summed E-state index contributed by atoms with van der Waals surface area (Å²) in [6, 6.07) is 6.02. The maximum absolute atomic E-state index is 5.91. The van der Waals surface area contributed by atoms with Crippen molar-refractivity contribution in [3.63, 3.8) is 0 Å². The lowest BCUT2D eigenvalue weighted by molar-refractivity contribution is 0.210. The van der Waals surface area contributed by atoms with Crippen LogP contribution < -0.4 is 5.32 Å². The molecule has 1 nitrogen and oxygen atoms in total. The molecular formula is C13H18ClN. The molecule has 0 aliphatic heterocycles. The average Bonchev–Trinajstić information content (AvgIpc) is 2.19. The second-order valence-corrected chi connectivity index (χ2v) is 5.09. The monoisotopic (exact) mass is 223 g/mol. The lowest BCUT2D eigenvalue weighted by Crippen LogP contribution is -2.29. The van der Waals surface area contributed by atoms with Crippen LogP contribution in [-0.4, -0.2) is 6.54 Å². The molecule has 1 N–H and O–H groups in total. The Labute approximate surface area is 96.8 Å². The minimum atomic E-state index is 0.815. The van der Waals surface area contributed by atoms with Crippen molar-refractivity contribution in [1.29, 1.82) is 0 Å². The summed E-state index contributed by atoms with van der Waals surface area (Å²) in [7, 11) is 0. The van der Waals surface area contributed by atoms with Crippen LogP contribution in [-0.2, 0) is 0 Å². The van der Waals surface area contributed by atoms with E-state index < -0.39 is 0 Å². The second kappa shape index (κ2) is 4.44. The van der Waals surface area contributed by atoms with Crippen LogP contribution in [0.5, 0.6) is 0 Å². The van der Waals surface area contributed by atoms with Crippen molar-refractivity contribution in [1.82, 2.24) is 0 Å². The molecule has 1 aromatic carbocycles. The molecule has 0 amide bonds. The number of nitrogens with one attached hydrogen (secondary N) is 1. The van der Waals surface area contributed by atoms with E-state index in [1.165, 1.54) is 24.1 Å². The molecule has 2 atom stereocenters. The summed E-state index contributed by atoms with van der Waals surface area (Å²) in [5.41, 5.74) is 2.45. The Kier molecular flexibility index (Phi) is 3.20. The van der Waals surface area contributed by atoms with Gasteiger partial charge in [-0.05, 0) is 48.9 Å². The van der Waals surface area contributed by atoms with E-state index in [-0.39, 0.29) is 0 Å². The summed E-state index contributed by atoms with van der Waals surface area (Å²) in [5.74, 6) is 1.75. The fraction of sp³-hybridized carbons (Fsp3) is 0.538. The molecule has 82 valence electrons. The molecule has 0 saturated heterocycles. The van der Waals surface area contributed by atoms with Crippen LogP contribution in [0, 0.1) is 18.8 Å². The van der Waals surface area contributed by atoms with Gasteiger partial charge in [0, 0.05) is 17.3 Å². The van der Waals surface area contributed by atoms with Gasteiger partial charge in [0.25, 0.3) is 0 Å². The number of benzene rings is 1. The molecule has 2 rings (SSSR count). The summed E-state index contributed by atoms with van der Waals surface area (Å²) >= 11 is 5.91. The first-order chi connectivity index (χ1) is 7.16. The van der Waals surface area contributed by atoms with E-state index in [9.17, 15) is 0 Å². The number of hydrogen-bond acceptors (Lipinski definition) is 1. The van der Waals surface area contributed by atoms with Crippen LogP contribution in [0.1, 0.15) is 25.3 Å². The van der Waals surface area contributed by atoms with Crippen LogP contribution in [0.25, 0.3) is 0 Å². The minimum Gasteiger partial charge on any atom is -0.385 e. The second-order valence-electron chi connectivity index (χ2n) is 4.65. The van der Waals surface area contributed by atoms with Crippen molar-refractivity contribution in [2.75, 3.05) is 11.9 Å². The van der Waals surface area contributed by atoms with E-state index in [2.05, 4.69) is 25.2 Å². The predicted octanol–water partition coefficient (Wildman–Crippen LogP) is 4.11. The van der Waals surface area contributed by atoms with Crippen molar-refractivity contribution in [3.05, 3.63) is 28.8 Å². The number of aryl methyl sites for hydroxylation is 1. The third-order valence-corrected chi connectivity index (χ3v) is 3.78. The SMILES string of the molecule is Cc1cc(Cl)ccc1NC[C@@H]1CC[C@@H]1C. The van der Waals surface area contributed by atoms with Crippen molar-refractivity contribution in [2.24, 2.45) is 11.8 Å². The third-order valence-electron chi connectivity index (χ3n) is 3.54. The van der Waals surface area contributed by atoms with Gasteiger partial charge >= 0.3 is 0 Å². The molecule has 1 aliphatic carbocycles. The number of hydrogen-bond donors (Lipinski definition) is 1. The summed E-state index contributed by atoms with van der Waals surface area (Å²) in [6.07, 6.45) is 2.77. The van der Waals surface area contributed by atoms with E-state index in [1.54, 1.807) is 0 Å². The maximum atomic E-state index is 5.91. The van der Waals surface area contributed by atoms with E-state index in [0.717, 1.165) is 23.4 Å². The van der Waals surface area contributed by atoms with Gasteiger partial charge in [0.1, 0.15) is 0 Å². The molecule has 1 aliphatic rings. The first-order valence-electron chi connectivity index (χ1n) is 5.67. The summed E-state index contributed by atoms with van der Waals surface area (Å²) in [6.45, 7) is 5.53. The molecular weight excluding hydrogens is 206 g/mol. The topological polar surface area (TPSA) is 12.0 Å². The zero-order valence-electron chi connectivity index (χ0n) is 9.39. The Bertz CT molecular complexity index is 348. The molecule has 0 radical (unpaired) electrons. The molecule has 0 aromatic heterocycles. The lowest BCUT2D eigenvalue weighted by atomic mass is 9.75. The van der Waals surface area contributed by atoms with Gasteiger partial charge in [-0.3, -0.25) is 0 Å². The Balaban J connectivity index is 1.93. The molecule has 1 aromatic rings. The highest BCUT2D eigenvalue weighted by Gasteiger charge is 2.26. The van der Waals surface area contributed by atoms with Crippen LogP contribution >= 0.6 is 11.6 Å². The van der Waals surface area contributed by atoms with E-state index in [4.69, 9.17) is 11.6 Å². The first kappa shape index (κ1) is 10.8. The zero-order chi connectivity index (χ0) is 10.8. The average molecular weight is 224 g/mol. The van der Waals surface area contributed by atoms with E-state index in [1.807, 2.05) is 12.1 Å².